The summed E-state index contributed by atoms with van der Waals surface area (Å²) in [4.78, 5) is 15.6. The Labute approximate surface area is 133 Å². The molecule has 0 bridgehead atoms. The molecule has 0 spiro atoms. The number of likely N-dealkylation sites (tertiary alicyclic amines) is 1. The number of carbonyl (C=O) groups excluding carboxylic acids is 1. The molecule has 19 heavy (non-hydrogen) atoms. The topological polar surface area (TPSA) is 32.3 Å². The first-order chi connectivity index (χ1) is 8.61. The van der Waals surface area contributed by atoms with Crippen molar-refractivity contribution in [3.05, 3.63) is 20.8 Å². The molecule has 1 saturated heterocycles. The second kappa shape index (κ2) is 7.62. The van der Waals surface area contributed by atoms with Gasteiger partial charge in [0.25, 0.3) is 0 Å². The van der Waals surface area contributed by atoms with Gasteiger partial charge in [0.1, 0.15) is 0 Å². The molecule has 0 radical (unpaired) electrons. The maximum Gasteiger partial charge on any atom is 0.230 e. The fraction of sp³-hybridized carbons (Fsp3) is 0.615. The Morgan fingerprint density at radius 3 is 2.95 bits per heavy atom. The standard InChI is InChI=1S/C13H19BrN2OS.ClH/c1-9(11-3-4-12(14)18-11)13(17)16-6-5-10(8-16)7-15-2;/h3-4,9-10,15H,5-8H2,1-2H3;1H. The number of nitrogens with one attached hydrogen (secondary N) is 1. The van der Waals surface area contributed by atoms with Crippen molar-refractivity contribution >= 4 is 45.6 Å². The first-order valence-electron chi connectivity index (χ1n) is 6.30. The van der Waals surface area contributed by atoms with E-state index in [-0.39, 0.29) is 24.2 Å². The van der Waals surface area contributed by atoms with E-state index in [9.17, 15) is 4.79 Å². The van der Waals surface area contributed by atoms with Crippen molar-refractivity contribution in [3.63, 3.8) is 0 Å². The van der Waals surface area contributed by atoms with Crippen LogP contribution in [0.1, 0.15) is 24.1 Å². The number of halogens is 2. The molecule has 2 unspecified atom stereocenters. The van der Waals surface area contributed by atoms with Crippen LogP contribution >= 0.6 is 39.7 Å². The molecule has 2 rings (SSSR count). The molecule has 2 atom stereocenters. The molecular formula is C13H20BrClN2OS. The van der Waals surface area contributed by atoms with Crippen LogP contribution in [-0.2, 0) is 4.79 Å². The smallest absolute Gasteiger partial charge is 0.230 e. The van der Waals surface area contributed by atoms with Gasteiger partial charge in [0, 0.05) is 18.0 Å². The fourth-order valence-electron chi connectivity index (χ4n) is 2.44. The minimum absolute atomic E-state index is 0. The molecule has 108 valence electrons. The molecular weight excluding hydrogens is 348 g/mol. The van der Waals surface area contributed by atoms with E-state index in [0.29, 0.717) is 5.92 Å². The molecule has 0 aromatic carbocycles. The maximum absolute atomic E-state index is 12.4. The second-order valence-corrected chi connectivity index (χ2v) is 7.35. The monoisotopic (exact) mass is 366 g/mol. The highest BCUT2D eigenvalue weighted by Gasteiger charge is 2.29. The highest BCUT2D eigenvalue weighted by Crippen LogP contribution is 2.30. The van der Waals surface area contributed by atoms with Crippen LogP contribution in [-0.4, -0.2) is 37.5 Å². The molecule has 1 amide bonds. The molecule has 0 saturated carbocycles. The normalized spacial score (nSPS) is 20.2. The Kier molecular flexibility index (Phi) is 6.80. The van der Waals surface area contributed by atoms with E-state index in [2.05, 4.69) is 21.2 Å². The van der Waals surface area contributed by atoms with Crippen LogP contribution in [0.4, 0.5) is 0 Å². The van der Waals surface area contributed by atoms with Crippen LogP contribution in [0.15, 0.2) is 15.9 Å². The Balaban J connectivity index is 0.00000180. The lowest BCUT2D eigenvalue weighted by atomic mass is 10.1. The SMILES string of the molecule is CNCC1CCN(C(=O)C(C)c2ccc(Br)s2)C1.Cl. The zero-order valence-corrected chi connectivity index (χ0v) is 14.4. The summed E-state index contributed by atoms with van der Waals surface area (Å²) in [5, 5.41) is 3.19. The Bertz CT molecular complexity index is 427. The highest BCUT2D eigenvalue weighted by molar-refractivity contribution is 9.11. The van der Waals surface area contributed by atoms with Gasteiger partial charge in [-0.2, -0.15) is 0 Å². The molecule has 1 aromatic rings. The molecule has 6 heteroatoms. The van der Waals surface area contributed by atoms with Gasteiger partial charge in [-0.15, -0.1) is 23.7 Å². The summed E-state index contributed by atoms with van der Waals surface area (Å²) in [7, 11) is 1.97. The Morgan fingerprint density at radius 1 is 1.63 bits per heavy atom. The summed E-state index contributed by atoms with van der Waals surface area (Å²) in [6.45, 7) is 4.81. The summed E-state index contributed by atoms with van der Waals surface area (Å²) < 4.78 is 1.09. The summed E-state index contributed by atoms with van der Waals surface area (Å²) in [6.07, 6.45) is 1.12. The van der Waals surface area contributed by atoms with Gasteiger partial charge < -0.3 is 10.2 Å². The van der Waals surface area contributed by atoms with E-state index in [0.717, 1.165) is 34.7 Å². The predicted octanol–water partition coefficient (Wildman–Crippen LogP) is 3.10. The average Bonchev–Trinajstić information content (AvgIpc) is 2.97. The lowest BCUT2D eigenvalue weighted by Gasteiger charge is -2.20. The number of nitrogens with zero attached hydrogens (tertiary/aromatic N) is 1. The fourth-order valence-corrected chi connectivity index (χ4v) is 3.91. The van der Waals surface area contributed by atoms with Crippen LogP contribution in [0.5, 0.6) is 0 Å². The maximum atomic E-state index is 12.4. The lowest BCUT2D eigenvalue weighted by Crippen LogP contribution is -2.33. The van der Waals surface area contributed by atoms with Gasteiger partial charge >= 0.3 is 0 Å². The van der Waals surface area contributed by atoms with E-state index in [1.54, 1.807) is 11.3 Å². The molecule has 1 aromatic heterocycles. The molecule has 2 heterocycles. The number of rotatable bonds is 4. The zero-order valence-electron chi connectivity index (χ0n) is 11.2. The first-order valence-corrected chi connectivity index (χ1v) is 7.91. The van der Waals surface area contributed by atoms with Crippen molar-refractivity contribution in [2.75, 3.05) is 26.7 Å². The summed E-state index contributed by atoms with van der Waals surface area (Å²) in [5.74, 6) is 0.860. The van der Waals surface area contributed by atoms with Crippen LogP contribution in [0.3, 0.4) is 0 Å². The van der Waals surface area contributed by atoms with Gasteiger partial charge in [0.05, 0.1) is 9.70 Å². The number of hydrogen-bond acceptors (Lipinski definition) is 3. The first kappa shape index (κ1) is 17.0. The van der Waals surface area contributed by atoms with Gasteiger partial charge in [-0.05, 0) is 60.9 Å². The van der Waals surface area contributed by atoms with Crippen molar-refractivity contribution in [2.24, 2.45) is 5.92 Å². The lowest BCUT2D eigenvalue weighted by molar-refractivity contribution is -0.131. The number of thiophene rings is 1. The van der Waals surface area contributed by atoms with Crippen molar-refractivity contribution < 1.29 is 4.79 Å². The van der Waals surface area contributed by atoms with Crippen molar-refractivity contribution in [3.8, 4) is 0 Å². The Morgan fingerprint density at radius 2 is 2.37 bits per heavy atom. The summed E-state index contributed by atoms with van der Waals surface area (Å²) in [5.41, 5.74) is 0. The van der Waals surface area contributed by atoms with Crippen LogP contribution in [0, 0.1) is 5.92 Å². The Hall–Kier alpha value is -0.100. The molecule has 0 aliphatic carbocycles. The molecule has 1 fully saturated rings. The van der Waals surface area contributed by atoms with Crippen LogP contribution < -0.4 is 5.32 Å². The minimum atomic E-state index is -0.0189. The predicted molar refractivity (Wildman–Crippen MR) is 86.3 cm³/mol. The van der Waals surface area contributed by atoms with E-state index in [1.807, 2.05) is 31.0 Å². The van der Waals surface area contributed by atoms with E-state index in [1.165, 1.54) is 0 Å². The molecule has 3 nitrogen and oxygen atoms in total. The highest BCUT2D eigenvalue weighted by atomic mass is 79.9. The quantitative estimate of drug-likeness (QED) is 0.887. The third-order valence-electron chi connectivity index (χ3n) is 3.48. The van der Waals surface area contributed by atoms with Crippen molar-refractivity contribution in [1.29, 1.82) is 0 Å². The molecule has 1 aliphatic rings. The summed E-state index contributed by atoms with van der Waals surface area (Å²) >= 11 is 5.10. The van der Waals surface area contributed by atoms with Gasteiger partial charge in [0.15, 0.2) is 0 Å². The van der Waals surface area contributed by atoms with E-state index in [4.69, 9.17) is 0 Å². The number of amides is 1. The minimum Gasteiger partial charge on any atom is -0.342 e. The zero-order chi connectivity index (χ0) is 13.1. The van der Waals surface area contributed by atoms with E-state index >= 15 is 0 Å². The van der Waals surface area contributed by atoms with Gasteiger partial charge in [-0.3, -0.25) is 4.79 Å². The average molecular weight is 368 g/mol. The van der Waals surface area contributed by atoms with Gasteiger partial charge in [-0.25, -0.2) is 0 Å². The van der Waals surface area contributed by atoms with Gasteiger partial charge in [-0.1, -0.05) is 0 Å². The molecule has 1 N–H and O–H groups in total. The van der Waals surface area contributed by atoms with Gasteiger partial charge in [0.2, 0.25) is 5.91 Å². The third-order valence-corrected chi connectivity index (χ3v) is 5.29. The van der Waals surface area contributed by atoms with Crippen LogP contribution in [0.25, 0.3) is 0 Å². The largest absolute Gasteiger partial charge is 0.342 e. The van der Waals surface area contributed by atoms with Crippen molar-refractivity contribution in [1.82, 2.24) is 10.2 Å². The number of hydrogen-bond donors (Lipinski definition) is 1. The molecule has 1 aliphatic heterocycles. The third kappa shape index (κ3) is 4.18. The van der Waals surface area contributed by atoms with E-state index < -0.39 is 0 Å². The van der Waals surface area contributed by atoms with Crippen LogP contribution in [0.2, 0.25) is 0 Å². The summed E-state index contributed by atoms with van der Waals surface area (Å²) in [6, 6.07) is 4.05. The number of carbonyl (C=O) groups is 1. The second-order valence-electron chi connectivity index (χ2n) is 4.86. The van der Waals surface area contributed by atoms with Crippen molar-refractivity contribution in [2.45, 2.75) is 19.3 Å².